The van der Waals surface area contributed by atoms with E-state index in [4.69, 9.17) is 0 Å². The van der Waals surface area contributed by atoms with Gasteiger partial charge in [0, 0.05) is 17.0 Å². The molecule has 21 heavy (non-hydrogen) atoms. The van der Waals surface area contributed by atoms with Gasteiger partial charge in [-0.25, -0.2) is 0 Å². The maximum Gasteiger partial charge on any atom is 0.0444 e. The van der Waals surface area contributed by atoms with Crippen molar-refractivity contribution in [3.05, 3.63) is 59.7 Å². The van der Waals surface area contributed by atoms with Crippen LogP contribution in [0.2, 0.25) is 0 Å². The van der Waals surface area contributed by atoms with Gasteiger partial charge in [0.15, 0.2) is 0 Å². The van der Waals surface area contributed by atoms with Crippen LogP contribution < -0.4 is 5.32 Å². The summed E-state index contributed by atoms with van der Waals surface area (Å²) in [7, 11) is 2.09. The molecule has 0 saturated heterocycles. The molecule has 0 aliphatic carbocycles. The molecule has 2 aromatic rings. The first-order chi connectivity index (χ1) is 10.2. The van der Waals surface area contributed by atoms with Gasteiger partial charge in [-0.15, -0.1) is 0 Å². The van der Waals surface area contributed by atoms with Gasteiger partial charge in [0.2, 0.25) is 0 Å². The molecule has 110 valence electrons. The fourth-order valence-electron chi connectivity index (χ4n) is 3.18. The van der Waals surface area contributed by atoms with Crippen LogP contribution in [-0.2, 0) is 5.75 Å². The predicted molar refractivity (Wildman–Crippen MR) is 93.6 cm³/mol. The van der Waals surface area contributed by atoms with Crippen molar-refractivity contribution in [1.29, 1.82) is 0 Å². The van der Waals surface area contributed by atoms with E-state index in [9.17, 15) is 0 Å². The van der Waals surface area contributed by atoms with Crippen LogP contribution in [0.4, 0.5) is 0 Å². The zero-order valence-corrected chi connectivity index (χ0v) is 13.8. The predicted octanol–water partition coefficient (Wildman–Crippen LogP) is 4.89. The van der Waals surface area contributed by atoms with Gasteiger partial charge in [0.05, 0.1) is 0 Å². The molecule has 0 bridgehead atoms. The molecule has 0 amide bonds. The maximum absolute atomic E-state index is 3.55. The zero-order chi connectivity index (χ0) is 14.8. The van der Waals surface area contributed by atoms with E-state index in [-0.39, 0.29) is 0 Å². The van der Waals surface area contributed by atoms with Crippen molar-refractivity contribution in [1.82, 2.24) is 5.32 Å². The lowest BCUT2D eigenvalue weighted by molar-refractivity contribution is 0.466. The van der Waals surface area contributed by atoms with Gasteiger partial charge < -0.3 is 5.32 Å². The summed E-state index contributed by atoms with van der Waals surface area (Å²) in [6.45, 7) is 4.65. The van der Waals surface area contributed by atoms with Gasteiger partial charge >= 0.3 is 0 Å². The Hall–Kier alpha value is -1.25. The second kappa shape index (κ2) is 6.25. The van der Waals surface area contributed by atoms with Crippen molar-refractivity contribution in [2.24, 2.45) is 5.92 Å². The summed E-state index contributed by atoms with van der Waals surface area (Å²) in [5.74, 6) is 1.81. The maximum atomic E-state index is 3.55. The van der Waals surface area contributed by atoms with E-state index in [0.717, 1.165) is 5.75 Å². The van der Waals surface area contributed by atoms with Crippen LogP contribution in [-0.4, -0.2) is 12.3 Å². The average molecular weight is 297 g/mol. The summed E-state index contributed by atoms with van der Waals surface area (Å²) < 4.78 is 0. The Morgan fingerprint density at radius 3 is 2.48 bits per heavy atom. The van der Waals surface area contributed by atoms with Crippen LogP contribution in [0, 0.1) is 5.92 Å². The van der Waals surface area contributed by atoms with Crippen LogP contribution in [0.3, 0.4) is 0 Å². The Morgan fingerprint density at radius 1 is 1.05 bits per heavy atom. The van der Waals surface area contributed by atoms with Crippen molar-refractivity contribution in [3.8, 4) is 11.1 Å². The molecule has 0 saturated carbocycles. The summed E-state index contributed by atoms with van der Waals surface area (Å²) in [5.41, 5.74) is 5.59. The minimum absolute atomic E-state index is 0.447. The second-order valence-corrected chi connectivity index (χ2v) is 7.23. The molecule has 2 aromatic carbocycles. The van der Waals surface area contributed by atoms with Crippen LogP contribution in [0.15, 0.2) is 48.5 Å². The Labute approximate surface area is 132 Å². The molecule has 1 aliphatic heterocycles. The molecular weight excluding hydrogens is 274 g/mol. The van der Waals surface area contributed by atoms with Crippen molar-refractivity contribution in [3.63, 3.8) is 0 Å². The molecule has 0 spiro atoms. The van der Waals surface area contributed by atoms with Crippen LogP contribution >= 0.6 is 11.8 Å². The Bertz CT molecular complexity index is 606. The number of nitrogens with one attached hydrogen (secondary N) is 1. The largest absolute Gasteiger partial charge is 0.312 e. The highest BCUT2D eigenvalue weighted by atomic mass is 32.2. The number of thioether (sulfide) groups is 1. The highest BCUT2D eigenvalue weighted by Gasteiger charge is 2.31. The molecular formula is C19H23NS. The first-order valence-electron chi connectivity index (χ1n) is 7.68. The fourth-order valence-corrected chi connectivity index (χ4v) is 4.68. The van der Waals surface area contributed by atoms with E-state index in [1.54, 1.807) is 0 Å². The Kier molecular flexibility index (Phi) is 4.37. The highest BCUT2D eigenvalue weighted by Crippen LogP contribution is 2.42. The molecule has 2 unspecified atom stereocenters. The monoisotopic (exact) mass is 297 g/mol. The summed E-state index contributed by atoms with van der Waals surface area (Å²) in [6.07, 6.45) is 0. The van der Waals surface area contributed by atoms with Crippen molar-refractivity contribution < 1.29 is 0 Å². The zero-order valence-electron chi connectivity index (χ0n) is 13.0. The lowest BCUT2D eigenvalue weighted by Gasteiger charge is -2.35. The fraction of sp³-hybridized carbons (Fsp3) is 0.368. The van der Waals surface area contributed by atoms with Gasteiger partial charge in [-0.1, -0.05) is 56.3 Å². The second-order valence-electron chi connectivity index (χ2n) is 6.07. The lowest BCUT2D eigenvalue weighted by atomic mass is 9.90. The van der Waals surface area contributed by atoms with Crippen LogP contribution in [0.25, 0.3) is 11.1 Å². The quantitative estimate of drug-likeness (QED) is 0.866. The molecule has 0 radical (unpaired) electrons. The number of fused-ring (bicyclic) bond motifs is 1. The smallest absolute Gasteiger partial charge is 0.0444 e. The van der Waals surface area contributed by atoms with Crippen molar-refractivity contribution >= 4 is 11.8 Å². The molecule has 3 rings (SSSR count). The van der Waals surface area contributed by atoms with Crippen molar-refractivity contribution in [2.45, 2.75) is 30.9 Å². The molecule has 0 fully saturated rings. The van der Waals surface area contributed by atoms with E-state index in [1.165, 1.54) is 22.3 Å². The van der Waals surface area contributed by atoms with Crippen molar-refractivity contribution in [2.75, 3.05) is 7.05 Å². The Morgan fingerprint density at radius 2 is 1.81 bits per heavy atom. The number of benzene rings is 2. The third-order valence-corrected chi connectivity index (χ3v) is 6.00. The average Bonchev–Trinajstić information content (AvgIpc) is 2.53. The summed E-state index contributed by atoms with van der Waals surface area (Å²) in [4.78, 5) is 0. The van der Waals surface area contributed by atoms with Gasteiger partial charge in [-0.05, 0) is 41.3 Å². The van der Waals surface area contributed by atoms with E-state index >= 15 is 0 Å². The highest BCUT2D eigenvalue weighted by molar-refractivity contribution is 7.99. The molecule has 0 aromatic heterocycles. The SMILES string of the molecule is CNC1c2cc(-c3ccccc3)ccc2CSC1C(C)C. The Balaban J connectivity index is 2.02. The first-order valence-corrected chi connectivity index (χ1v) is 8.72. The summed E-state index contributed by atoms with van der Waals surface area (Å²) >= 11 is 2.09. The van der Waals surface area contributed by atoms with Gasteiger partial charge in [-0.2, -0.15) is 11.8 Å². The number of rotatable bonds is 3. The minimum atomic E-state index is 0.447. The van der Waals surface area contributed by atoms with E-state index in [1.807, 2.05) is 0 Å². The van der Waals surface area contributed by atoms with Gasteiger partial charge in [0.25, 0.3) is 0 Å². The van der Waals surface area contributed by atoms with E-state index in [2.05, 4.69) is 86.5 Å². The summed E-state index contributed by atoms with van der Waals surface area (Å²) in [6, 6.07) is 18.1. The summed E-state index contributed by atoms with van der Waals surface area (Å²) in [5, 5.41) is 4.20. The third-order valence-electron chi connectivity index (χ3n) is 4.32. The topological polar surface area (TPSA) is 12.0 Å². The standard InChI is InChI=1S/C19H23NS/c1-13(2)19-18(20-3)17-11-15(9-10-16(17)12-21-19)14-7-5-4-6-8-14/h4-11,13,18-20H,12H2,1-3H3. The molecule has 1 heterocycles. The molecule has 2 atom stereocenters. The minimum Gasteiger partial charge on any atom is -0.312 e. The third kappa shape index (κ3) is 2.88. The molecule has 1 N–H and O–H groups in total. The number of hydrogen-bond donors (Lipinski definition) is 1. The normalized spacial score (nSPS) is 21.3. The van der Waals surface area contributed by atoms with E-state index < -0.39 is 0 Å². The molecule has 2 heteroatoms. The lowest BCUT2D eigenvalue weighted by Crippen LogP contribution is -2.34. The first kappa shape index (κ1) is 14.7. The van der Waals surface area contributed by atoms with Crippen LogP contribution in [0.1, 0.15) is 31.0 Å². The van der Waals surface area contributed by atoms with Crippen LogP contribution in [0.5, 0.6) is 0 Å². The van der Waals surface area contributed by atoms with Gasteiger partial charge in [-0.3, -0.25) is 0 Å². The number of hydrogen-bond acceptors (Lipinski definition) is 2. The van der Waals surface area contributed by atoms with Gasteiger partial charge in [0.1, 0.15) is 0 Å². The van der Waals surface area contributed by atoms with E-state index in [0.29, 0.717) is 17.2 Å². The molecule has 1 aliphatic rings. The molecule has 1 nitrogen and oxygen atoms in total.